The molecule has 0 aliphatic carbocycles. The lowest BCUT2D eigenvalue weighted by Crippen LogP contribution is -2.38. The lowest BCUT2D eigenvalue weighted by Gasteiger charge is -2.27. The number of nitrogens with zero attached hydrogens (tertiary/aromatic N) is 1. The van der Waals surface area contributed by atoms with Gasteiger partial charge in [-0.15, -0.1) is 0 Å². The zero-order valence-electron chi connectivity index (χ0n) is 5.66. The molecule has 3 nitrogen and oxygen atoms in total. The first-order valence-electron chi connectivity index (χ1n) is 3.40. The molecule has 0 bridgehead atoms. The second-order valence-corrected chi connectivity index (χ2v) is 3.03. The highest BCUT2D eigenvalue weighted by Gasteiger charge is 2.25. The minimum atomic E-state index is -0.755. The van der Waals surface area contributed by atoms with Crippen molar-refractivity contribution in [3.05, 3.63) is 0 Å². The van der Waals surface area contributed by atoms with Crippen LogP contribution in [0.15, 0.2) is 0 Å². The fourth-order valence-electron chi connectivity index (χ4n) is 1.17. The predicted molar refractivity (Wildman–Crippen MR) is 41.0 cm³/mol. The Morgan fingerprint density at radius 2 is 2.30 bits per heavy atom. The molecule has 1 heterocycles. The third-order valence-electron chi connectivity index (χ3n) is 1.76. The van der Waals surface area contributed by atoms with Crippen LogP contribution in [0.3, 0.4) is 0 Å². The lowest BCUT2D eigenvalue weighted by atomic mass is 10.1. The molecule has 0 aromatic carbocycles. The highest BCUT2D eigenvalue weighted by atomic mass is 32.1. The lowest BCUT2D eigenvalue weighted by molar-refractivity contribution is -0.142. The first-order valence-corrected chi connectivity index (χ1v) is 3.80. The second kappa shape index (κ2) is 3.25. The van der Waals surface area contributed by atoms with Gasteiger partial charge in [-0.05, 0) is 19.3 Å². The molecule has 0 radical (unpaired) electrons. The molecule has 1 rings (SSSR count). The van der Waals surface area contributed by atoms with Crippen LogP contribution in [0, 0.1) is 0 Å². The van der Waals surface area contributed by atoms with Gasteiger partial charge in [0.15, 0.2) is 0 Å². The van der Waals surface area contributed by atoms with Gasteiger partial charge in [-0.25, -0.2) is 4.31 Å². The maximum Gasteiger partial charge on any atom is 0.321 e. The van der Waals surface area contributed by atoms with Crippen LogP contribution in [0.1, 0.15) is 19.3 Å². The third-order valence-corrected chi connectivity index (χ3v) is 2.24. The monoisotopic (exact) mass is 161 g/mol. The van der Waals surface area contributed by atoms with E-state index in [4.69, 9.17) is 5.11 Å². The van der Waals surface area contributed by atoms with E-state index in [2.05, 4.69) is 12.8 Å². The molecule has 58 valence electrons. The summed E-state index contributed by atoms with van der Waals surface area (Å²) in [5, 5.41) is 8.62. The van der Waals surface area contributed by atoms with Gasteiger partial charge in [0.05, 0.1) is 0 Å². The summed E-state index contributed by atoms with van der Waals surface area (Å²) in [6, 6.07) is -0.364. The Bertz CT molecular complexity index is 140. The first kappa shape index (κ1) is 7.88. The Kier molecular flexibility index (Phi) is 2.56. The van der Waals surface area contributed by atoms with Crippen molar-refractivity contribution in [1.29, 1.82) is 0 Å². The number of thiol groups is 1. The minimum Gasteiger partial charge on any atom is -0.480 e. The predicted octanol–water partition coefficient (Wildman–Crippen LogP) is 0.770. The summed E-state index contributed by atoms with van der Waals surface area (Å²) in [5.74, 6) is -0.755. The molecule has 1 atom stereocenters. The molecule has 0 spiro atoms. The quantitative estimate of drug-likeness (QED) is 0.558. The van der Waals surface area contributed by atoms with Crippen molar-refractivity contribution < 1.29 is 9.90 Å². The summed E-state index contributed by atoms with van der Waals surface area (Å²) in [4.78, 5) is 10.5. The molecular weight excluding hydrogens is 150 g/mol. The highest BCUT2D eigenvalue weighted by molar-refractivity contribution is 7.77. The van der Waals surface area contributed by atoms with E-state index in [1.54, 1.807) is 4.31 Å². The number of carboxylic acid groups (broad SMARTS) is 1. The van der Waals surface area contributed by atoms with E-state index < -0.39 is 5.97 Å². The molecule has 1 fully saturated rings. The summed E-state index contributed by atoms with van der Waals surface area (Å²) >= 11 is 4.05. The van der Waals surface area contributed by atoms with Crippen molar-refractivity contribution in [2.75, 3.05) is 6.54 Å². The van der Waals surface area contributed by atoms with E-state index in [0.717, 1.165) is 25.8 Å². The SMILES string of the molecule is O=C(O)[C@@H]1CCCCN1S. The van der Waals surface area contributed by atoms with Gasteiger partial charge >= 0.3 is 5.97 Å². The topological polar surface area (TPSA) is 40.5 Å². The van der Waals surface area contributed by atoms with Crippen LogP contribution in [0.4, 0.5) is 0 Å². The van der Waals surface area contributed by atoms with Crippen molar-refractivity contribution >= 4 is 18.8 Å². The second-order valence-electron chi connectivity index (χ2n) is 2.51. The number of rotatable bonds is 1. The van der Waals surface area contributed by atoms with E-state index in [0.29, 0.717) is 0 Å². The van der Waals surface area contributed by atoms with E-state index in [-0.39, 0.29) is 6.04 Å². The molecule has 0 unspecified atom stereocenters. The molecule has 1 saturated heterocycles. The molecule has 0 amide bonds. The van der Waals surface area contributed by atoms with Crippen molar-refractivity contribution in [2.24, 2.45) is 0 Å². The molecule has 10 heavy (non-hydrogen) atoms. The van der Waals surface area contributed by atoms with Crippen LogP contribution in [0.5, 0.6) is 0 Å². The van der Waals surface area contributed by atoms with E-state index in [1.165, 1.54) is 0 Å². The molecule has 0 saturated carbocycles. The zero-order valence-corrected chi connectivity index (χ0v) is 6.55. The van der Waals surface area contributed by atoms with Crippen molar-refractivity contribution in [3.8, 4) is 0 Å². The van der Waals surface area contributed by atoms with E-state index >= 15 is 0 Å². The van der Waals surface area contributed by atoms with Crippen LogP contribution >= 0.6 is 12.8 Å². The molecule has 0 aromatic rings. The summed E-state index contributed by atoms with van der Waals surface area (Å²) in [6.45, 7) is 0.792. The standard InChI is InChI=1S/C6H11NO2S/c8-6(9)5-3-1-2-4-7(5)10/h5,10H,1-4H2,(H,8,9)/t5-/m0/s1. The van der Waals surface area contributed by atoms with Crippen LogP contribution in [-0.2, 0) is 4.79 Å². The molecule has 1 N–H and O–H groups in total. The van der Waals surface area contributed by atoms with Gasteiger partial charge in [-0.2, -0.15) is 0 Å². The smallest absolute Gasteiger partial charge is 0.321 e. The average Bonchev–Trinajstić information content (AvgIpc) is 1.88. The largest absolute Gasteiger partial charge is 0.480 e. The Morgan fingerprint density at radius 3 is 2.70 bits per heavy atom. The fourth-order valence-corrected chi connectivity index (χ4v) is 1.52. The summed E-state index contributed by atoms with van der Waals surface area (Å²) in [7, 11) is 0. The third kappa shape index (κ3) is 1.64. The number of piperidine rings is 1. The normalized spacial score (nSPS) is 28.3. The molecule has 0 aromatic heterocycles. The molecular formula is C6H11NO2S. The molecule has 1 aliphatic heterocycles. The van der Waals surface area contributed by atoms with E-state index in [9.17, 15) is 4.79 Å². The molecule has 1 aliphatic rings. The molecule has 4 heteroatoms. The maximum absolute atomic E-state index is 10.5. The number of aliphatic carboxylic acids is 1. The summed E-state index contributed by atoms with van der Waals surface area (Å²) < 4.78 is 1.60. The van der Waals surface area contributed by atoms with Crippen molar-refractivity contribution in [1.82, 2.24) is 4.31 Å². The Morgan fingerprint density at radius 1 is 1.60 bits per heavy atom. The van der Waals surface area contributed by atoms with Gasteiger partial charge < -0.3 is 5.11 Å². The van der Waals surface area contributed by atoms with Gasteiger partial charge in [0.2, 0.25) is 0 Å². The van der Waals surface area contributed by atoms with Crippen molar-refractivity contribution in [2.45, 2.75) is 25.3 Å². The fraction of sp³-hybridized carbons (Fsp3) is 0.833. The summed E-state index contributed by atoms with van der Waals surface area (Å²) in [5.41, 5.74) is 0. The number of carboxylic acids is 1. The maximum atomic E-state index is 10.5. The van der Waals surface area contributed by atoms with Crippen LogP contribution in [0.2, 0.25) is 0 Å². The minimum absolute atomic E-state index is 0.364. The number of hydrogen-bond donors (Lipinski definition) is 2. The van der Waals surface area contributed by atoms with Crippen LogP contribution in [-0.4, -0.2) is 28.0 Å². The first-order chi connectivity index (χ1) is 4.72. The average molecular weight is 161 g/mol. The van der Waals surface area contributed by atoms with Gasteiger partial charge in [-0.3, -0.25) is 4.79 Å². The van der Waals surface area contributed by atoms with Gasteiger partial charge in [-0.1, -0.05) is 12.8 Å². The van der Waals surface area contributed by atoms with Crippen LogP contribution < -0.4 is 0 Å². The van der Waals surface area contributed by atoms with Gasteiger partial charge in [0.25, 0.3) is 0 Å². The Balaban J connectivity index is 2.47. The highest BCUT2D eigenvalue weighted by Crippen LogP contribution is 2.18. The van der Waals surface area contributed by atoms with Crippen molar-refractivity contribution in [3.63, 3.8) is 0 Å². The van der Waals surface area contributed by atoms with Crippen LogP contribution in [0.25, 0.3) is 0 Å². The van der Waals surface area contributed by atoms with E-state index in [1.807, 2.05) is 0 Å². The Labute approximate surface area is 65.6 Å². The number of hydrogen-bond acceptors (Lipinski definition) is 3. The number of carbonyl (C=O) groups is 1. The van der Waals surface area contributed by atoms with Gasteiger partial charge in [0, 0.05) is 6.54 Å². The van der Waals surface area contributed by atoms with Gasteiger partial charge in [0.1, 0.15) is 6.04 Å². The Hall–Kier alpha value is -0.220. The summed E-state index contributed by atoms with van der Waals surface area (Å²) in [6.07, 6.45) is 2.81. The zero-order chi connectivity index (χ0) is 7.56.